The average Bonchev–Trinajstić information content (AvgIpc) is 1.57. The third-order valence-corrected chi connectivity index (χ3v) is 23.6. The third kappa shape index (κ3) is 26.2. The number of carbonyl (C=O) groups is 15. The molecule has 1 aliphatic carbocycles. The molecule has 3 saturated heterocycles. The number of carbonyl (C=O) groups excluding carboxylic acids is 15. The standard InChI is InChI=1S/C82H119N13O19S/c1-15-50(8)72(92(12)79(108)70(48(4)5)90-77(106)71(49(6)7)91(10)11)61(111-13)40-66(100)94-44-57(39-59(94)73(112-14)51(9)74(103)85-43-60(96)55-29-28-53-22-18-19-23-54(53)38-55)87-81(110)113-45-52-26-30-56(31-27-52)86-75(104)58(24-21-36-84-80(83)109)88-76(105)69(47(2)3)89-63(97)25-17-16-20-37-93-67(101)41-62(78(93)107)115-46-82(34-35-82)42-68(102)114-95-64(98)32-33-65(95)99/h18-19,22-23,26-31,38,47-51,57-59,61-62,69-73H,15-17,20-21,24-25,32-37,39-46H2,1-14H3,(H,85,103)(H,86,104)(H,87,110)(H,88,105)(H,89,97)(H,90,106)(H3,83,84,109)/t50-,51+,57-,58-,59-,61+,62?,69-,70-,71-,72-,73+/m0/s1. The van der Waals surface area contributed by atoms with Crippen molar-refractivity contribution >= 4 is 117 Å². The number of thioether (sulfide) groups is 1. The van der Waals surface area contributed by atoms with Crippen LogP contribution >= 0.6 is 11.8 Å². The van der Waals surface area contributed by atoms with Gasteiger partial charge in [-0.3, -0.25) is 67.3 Å². The third-order valence-electron chi connectivity index (χ3n) is 22.0. The van der Waals surface area contributed by atoms with Gasteiger partial charge in [0.05, 0.1) is 66.9 Å². The largest absolute Gasteiger partial charge is 0.445 e. The number of methoxy groups -OCH3 is 2. The molecule has 1 saturated carbocycles. The number of hydrogen-bond acceptors (Lipinski definition) is 21. The molecule has 12 atom stereocenters. The normalized spacial score (nSPS) is 18.9. The molecule has 3 aliphatic heterocycles. The van der Waals surface area contributed by atoms with E-state index in [-0.39, 0.29) is 138 Å². The summed E-state index contributed by atoms with van der Waals surface area (Å²) in [6, 6.07) is 12.5. The number of alkyl carbamates (subject to hydrolysis) is 1. The van der Waals surface area contributed by atoms with Gasteiger partial charge in [-0.2, -0.15) is 0 Å². The number of Topliss-reactive ketones (excluding diaryl/α,β-unsaturated/α-hetero) is 1. The van der Waals surface area contributed by atoms with E-state index in [9.17, 15) is 67.1 Å². The van der Waals surface area contributed by atoms with Crippen molar-refractivity contribution in [1.82, 2.24) is 56.6 Å². The summed E-state index contributed by atoms with van der Waals surface area (Å²) in [4.78, 5) is 212. The van der Waals surface area contributed by atoms with E-state index in [0.29, 0.717) is 66.2 Å². The molecule has 9 N–H and O–H groups in total. The van der Waals surface area contributed by atoms with Gasteiger partial charge in [-0.25, -0.2) is 14.4 Å². The first kappa shape index (κ1) is 92.6. The minimum atomic E-state index is -1.17. The number of fused-ring (bicyclic) bond motifs is 1. The number of imide groups is 2. The summed E-state index contributed by atoms with van der Waals surface area (Å²) in [5.41, 5.74) is 6.06. The Morgan fingerprint density at radius 2 is 1.38 bits per heavy atom. The molecule has 115 heavy (non-hydrogen) atoms. The van der Waals surface area contributed by atoms with Crippen molar-refractivity contribution in [1.29, 1.82) is 0 Å². The van der Waals surface area contributed by atoms with Gasteiger partial charge in [0.2, 0.25) is 53.2 Å². The highest BCUT2D eigenvalue weighted by molar-refractivity contribution is 8.00. The summed E-state index contributed by atoms with van der Waals surface area (Å²) in [6.45, 7) is 16.2. The van der Waals surface area contributed by atoms with E-state index in [2.05, 4.69) is 37.2 Å². The highest BCUT2D eigenvalue weighted by Gasteiger charge is 2.50. The first-order valence-corrected chi connectivity index (χ1v) is 40.9. The number of nitrogens with two attached hydrogens (primary N) is 1. The number of nitrogens with zero attached hydrogens (tertiary/aromatic N) is 5. The Bertz CT molecular complexity index is 3940. The molecule has 3 heterocycles. The van der Waals surface area contributed by atoms with Crippen molar-refractivity contribution in [2.75, 3.05) is 72.6 Å². The van der Waals surface area contributed by atoms with E-state index in [0.717, 1.165) is 10.8 Å². The van der Waals surface area contributed by atoms with Gasteiger partial charge in [0, 0.05) is 83.6 Å². The molecule has 1 unspecified atom stereocenters. The quantitative estimate of drug-likeness (QED) is 0.0185. The highest BCUT2D eigenvalue weighted by atomic mass is 32.2. The first-order valence-electron chi connectivity index (χ1n) is 39.9. The van der Waals surface area contributed by atoms with Crippen molar-refractivity contribution in [3.8, 4) is 0 Å². The van der Waals surface area contributed by atoms with Crippen molar-refractivity contribution in [3.63, 3.8) is 0 Å². The number of likely N-dealkylation sites (N-methyl/N-ethyl adjacent to an activating group) is 2. The van der Waals surface area contributed by atoms with Crippen LogP contribution in [-0.4, -0.2) is 241 Å². The summed E-state index contributed by atoms with van der Waals surface area (Å²) >= 11 is 1.30. The molecule has 3 aromatic rings. The number of hydrogen-bond donors (Lipinski definition) is 8. The number of hydroxylamine groups is 2. The number of urea groups is 1. The molecule has 0 aromatic heterocycles. The van der Waals surface area contributed by atoms with E-state index in [1.54, 1.807) is 74.0 Å². The Balaban J connectivity index is 0.946. The highest BCUT2D eigenvalue weighted by Crippen LogP contribution is 2.52. The second-order valence-electron chi connectivity index (χ2n) is 32.0. The predicted molar refractivity (Wildman–Crippen MR) is 429 cm³/mol. The summed E-state index contributed by atoms with van der Waals surface area (Å²) in [6.07, 6.45) is 0.533. The first-order chi connectivity index (χ1) is 54.5. The molecule has 7 rings (SSSR count). The van der Waals surface area contributed by atoms with Crippen LogP contribution in [0.25, 0.3) is 10.8 Å². The minimum Gasteiger partial charge on any atom is -0.445 e. The molecule has 4 aliphatic rings. The average molecular weight is 1620 g/mol. The van der Waals surface area contributed by atoms with Crippen LogP contribution < -0.4 is 43.0 Å². The predicted octanol–water partition coefficient (Wildman–Crippen LogP) is 5.90. The van der Waals surface area contributed by atoms with Crippen LogP contribution in [0.5, 0.6) is 0 Å². The molecule has 632 valence electrons. The number of primary amides is 1. The molecule has 3 aromatic carbocycles. The SMILES string of the molecule is CC[C@H](C)[C@@H]([C@@H](CC(=O)N1C[C@@H](NC(=O)OCc2ccc(NC(=O)[C@H](CCCNC(N)=O)NC(=O)[C@@H](NC(=O)CCCCCN3C(=O)CC(SCC4(CC(=O)ON5C(=O)CCC5=O)CC4)C3=O)C(C)C)cc2)C[C@H]1[C@H](OC)[C@@H](C)C(=O)NCC(=O)c1ccc2ccccc2c1)OC)N(C)C(=O)[C@@H](NC(=O)[C@H](C(C)C)N(C)C)C(C)C. The second-order valence-corrected chi connectivity index (χ2v) is 33.2. The van der Waals surface area contributed by atoms with Crippen molar-refractivity contribution in [2.24, 2.45) is 40.7 Å². The number of ether oxygens (including phenoxy) is 3. The van der Waals surface area contributed by atoms with E-state index >= 15 is 4.79 Å². The van der Waals surface area contributed by atoms with Crippen LogP contribution in [0, 0.1) is 35.0 Å². The maximum Gasteiger partial charge on any atom is 0.407 e. The maximum atomic E-state index is 15.2. The van der Waals surface area contributed by atoms with Gasteiger partial charge in [0.25, 0.3) is 11.8 Å². The molecule has 0 spiro atoms. The number of nitrogens with one attached hydrogen (secondary N) is 7. The molecule has 0 radical (unpaired) electrons. The molecule has 32 nitrogen and oxygen atoms in total. The number of ketones is 1. The molecular formula is C82H119N13O19S. The van der Waals surface area contributed by atoms with Crippen LogP contribution in [-0.2, 0) is 83.2 Å². The van der Waals surface area contributed by atoms with Crippen LogP contribution in [0.1, 0.15) is 175 Å². The molecule has 14 amide bonds. The summed E-state index contributed by atoms with van der Waals surface area (Å²) in [7, 11) is 8.13. The van der Waals surface area contributed by atoms with Crippen LogP contribution in [0.4, 0.5) is 15.3 Å². The van der Waals surface area contributed by atoms with Gasteiger partial charge < -0.3 is 71.8 Å². The van der Waals surface area contributed by atoms with Crippen LogP contribution in [0.15, 0.2) is 66.7 Å². The van der Waals surface area contributed by atoms with Gasteiger partial charge >= 0.3 is 18.1 Å². The Hall–Kier alpha value is -9.60. The number of benzene rings is 3. The molecule has 0 bridgehead atoms. The fraction of sp³-hybridized carbons (Fsp3) is 0.622. The summed E-state index contributed by atoms with van der Waals surface area (Å²) in [5.74, 6) is -7.73. The van der Waals surface area contributed by atoms with Crippen molar-refractivity contribution < 1.29 is 91.0 Å². The number of unbranched alkanes of at least 4 members (excludes halogenated alkanes) is 2. The van der Waals surface area contributed by atoms with E-state index in [1.807, 2.05) is 90.9 Å². The van der Waals surface area contributed by atoms with E-state index in [1.165, 1.54) is 30.9 Å². The van der Waals surface area contributed by atoms with Gasteiger partial charge in [-0.05, 0) is 123 Å². The number of rotatable bonds is 45. The van der Waals surface area contributed by atoms with E-state index in [4.69, 9.17) is 24.8 Å². The maximum absolute atomic E-state index is 15.2. The van der Waals surface area contributed by atoms with Gasteiger partial charge in [-0.15, -0.1) is 16.8 Å². The fourth-order valence-electron chi connectivity index (χ4n) is 15.1. The summed E-state index contributed by atoms with van der Waals surface area (Å²) in [5, 5.41) is 21.2. The number of anilines is 1. The lowest BCUT2D eigenvalue weighted by atomic mass is 9.89. The Morgan fingerprint density at radius 1 is 0.713 bits per heavy atom. The smallest absolute Gasteiger partial charge is 0.407 e. The topological polar surface area (TPSA) is 419 Å². The lowest BCUT2D eigenvalue weighted by Crippen LogP contribution is -2.59. The number of likely N-dealkylation sites (tertiary alicyclic amines) is 2. The molecular weight excluding hydrogens is 1500 g/mol. The van der Waals surface area contributed by atoms with Crippen molar-refractivity contribution in [2.45, 2.75) is 225 Å². The lowest BCUT2D eigenvalue weighted by Gasteiger charge is -2.41. The Morgan fingerprint density at radius 3 is 1.99 bits per heavy atom. The summed E-state index contributed by atoms with van der Waals surface area (Å²) < 4.78 is 18.0. The fourth-order valence-corrected chi connectivity index (χ4v) is 16.6. The zero-order valence-electron chi connectivity index (χ0n) is 68.8. The zero-order valence-corrected chi connectivity index (χ0v) is 69.7. The van der Waals surface area contributed by atoms with Crippen LogP contribution in [0.2, 0.25) is 0 Å². The zero-order chi connectivity index (χ0) is 84.7. The molecule has 4 fully saturated rings. The van der Waals surface area contributed by atoms with E-state index < -0.39 is 136 Å². The minimum absolute atomic E-state index is 0.00101. The lowest BCUT2D eigenvalue weighted by molar-refractivity contribution is -0.198. The van der Waals surface area contributed by atoms with Crippen LogP contribution in [0.3, 0.4) is 0 Å². The monoisotopic (exact) mass is 1620 g/mol. The van der Waals surface area contributed by atoms with Crippen molar-refractivity contribution in [3.05, 3.63) is 77.9 Å². The molecule has 33 heteroatoms. The van der Waals surface area contributed by atoms with Gasteiger partial charge in [-0.1, -0.05) is 124 Å². The van der Waals surface area contributed by atoms with Gasteiger partial charge in [0.1, 0.15) is 24.7 Å². The Labute approximate surface area is 677 Å². The Kier molecular flexibility index (Phi) is 34.9. The van der Waals surface area contributed by atoms with Gasteiger partial charge in [0.15, 0.2) is 5.78 Å². The second kappa shape index (κ2) is 43.4. The number of amides is 14.